The second-order valence-corrected chi connectivity index (χ2v) is 6.29. The molecule has 1 nitrogen and oxygen atoms in total. The zero-order valence-electron chi connectivity index (χ0n) is 12.1. The van der Waals surface area contributed by atoms with Gasteiger partial charge >= 0.3 is 0 Å². The molecule has 3 rings (SSSR count). The molecule has 0 radical (unpaired) electrons. The van der Waals surface area contributed by atoms with Gasteiger partial charge in [0, 0.05) is 23.6 Å². The average Bonchev–Trinajstić information content (AvgIpc) is 2.47. The maximum Gasteiger partial charge on any atom is 0.0438 e. The lowest BCUT2D eigenvalue weighted by Crippen LogP contribution is -2.42. The second kappa shape index (κ2) is 5.61. The van der Waals surface area contributed by atoms with E-state index in [1.165, 1.54) is 27.9 Å². The van der Waals surface area contributed by atoms with E-state index in [-0.39, 0.29) is 0 Å². The molecule has 0 aromatic heterocycles. The third-order valence-corrected chi connectivity index (χ3v) is 5.08. The number of alkyl halides is 1. The fraction of sp³-hybridized carbons (Fsp3) is 0.333. The summed E-state index contributed by atoms with van der Waals surface area (Å²) >= 11 is 3.70. The van der Waals surface area contributed by atoms with E-state index in [0.717, 1.165) is 18.3 Å². The van der Waals surface area contributed by atoms with E-state index in [1.807, 2.05) is 0 Å². The molecular formula is C18H20BrN. The van der Waals surface area contributed by atoms with Gasteiger partial charge in [-0.25, -0.2) is 0 Å². The van der Waals surface area contributed by atoms with E-state index >= 15 is 0 Å². The largest absolute Gasteiger partial charge is 0.363 e. The first-order chi connectivity index (χ1) is 9.70. The lowest BCUT2D eigenvalue weighted by Gasteiger charge is -2.39. The molecule has 2 heteroatoms. The molecule has 1 unspecified atom stereocenters. The number of anilines is 1. The molecule has 2 aromatic carbocycles. The summed E-state index contributed by atoms with van der Waals surface area (Å²) < 4.78 is 0. The molecule has 1 aliphatic heterocycles. The molecule has 0 aliphatic carbocycles. The Kier molecular flexibility index (Phi) is 3.84. The predicted molar refractivity (Wildman–Crippen MR) is 89.8 cm³/mol. The van der Waals surface area contributed by atoms with Gasteiger partial charge in [-0.3, -0.25) is 0 Å². The van der Waals surface area contributed by atoms with Crippen molar-refractivity contribution in [2.75, 3.05) is 10.2 Å². The van der Waals surface area contributed by atoms with Gasteiger partial charge in [0.05, 0.1) is 0 Å². The zero-order chi connectivity index (χ0) is 14.1. The van der Waals surface area contributed by atoms with Crippen LogP contribution in [0.3, 0.4) is 0 Å². The molecule has 0 spiro atoms. The van der Waals surface area contributed by atoms with E-state index in [9.17, 15) is 0 Å². The molecule has 1 aliphatic rings. The lowest BCUT2D eigenvalue weighted by atomic mass is 9.91. The number of para-hydroxylation sites is 1. The van der Waals surface area contributed by atoms with Crippen LogP contribution in [0, 0.1) is 13.8 Å². The Labute approximate surface area is 129 Å². The molecule has 0 bridgehead atoms. The topological polar surface area (TPSA) is 3.24 Å². The molecule has 0 N–H and O–H groups in total. The fourth-order valence-corrected chi connectivity index (χ4v) is 3.73. The molecule has 0 saturated carbocycles. The Bertz CT molecular complexity index is 621. The Morgan fingerprint density at radius 3 is 2.55 bits per heavy atom. The molecule has 0 amide bonds. The minimum absolute atomic E-state index is 0.533. The van der Waals surface area contributed by atoms with Gasteiger partial charge in [0.25, 0.3) is 0 Å². The van der Waals surface area contributed by atoms with Crippen molar-refractivity contribution in [1.82, 2.24) is 0 Å². The Balaban J connectivity index is 2.04. The number of hydrogen-bond acceptors (Lipinski definition) is 1. The summed E-state index contributed by atoms with van der Waals surface area (Å²) in [5, 5.41) is 1.01. The van der Waals surface area contributed by atoms with Crippen LogP contribution in [0.15, 0.2) is 42.5 Å². The van der Waals surface area contributed by atoms with E-state index in [2.05, 4.69) is 77.1 Å². The third kappa shape index (κ3) is 2.37. The number of nitrogens with zero attached hydrogens (tertiary/aromatic N) is 1. The van der Waals surface area contributed by atoms with Gasteiger partial charge in [-0.1, -0.05) is 52.3 Å². The Morgan fingerprint density at radius 2 is 1.80 bits per heavy atom. The van der Waals surface area contributed by atoms with E-state index in [4.69, 9.17) is 0 Å². The lowest BCUT2D eigenvalue weighted by molar-refractivity contribution is 0.600. The van der Waals surface area contributed by atoms with Gasteiger partial charge in [0.2, 0.25) is 0 Å². The first-order valence-corrected chi connectivity index (χ1v) is 8.28. The monoisotopic (exact) mass is 329 g/mol. The molecule has 1 heterocycles. The van der Waals surface area contributed by atoms with Crippen molar-refractivity contribution in [2.45, 2.75) is 32.9 Å². The van der Waals surface area contributed by atoms with Gasteiger partial charge in [-0.2, -0.15) is 0 Å². The smallest absolute Gasteiger partial charge is 0.0438 e. The minimum atomic E-state index is 0.533. The SMILES string of the molecule is Cc1ccccc1N1Cc2c(C)cccc2CC1CBr. The van der Waals surface area contributed by atoms with Crippen molar-refractivity contribution in [3.8, 4) is 0 Å². The van der Waals surface area contributed by atoms with Crippen molar-refractivity contribution in [1.29, 1.82) is 0 Å². The maximum atomic E-state index is 3.70. The predicted octanol–water partition coefficient (Wildman–Crippen LogP) is 4.63. The minimum Gasteiger partial charge on any atom is -0.363 e. The Morgan fingerprint density at radius 1 is 1.05 bits per heavy atom. The van der Waals surface area contributed by atoms with Crippen molar-refractivity contribution in [2.24, 2.45) is 0 Å². The first kappa shape index (κ1) is 13.7. The number of fused-ring (bicyclic) bond motifs is 1. The normalized spacial score (nSPS) is 17.9. The van der Waals surface area contributed by atoms with Gasteiger partial charge in [0.15, 0.2) is 0 Å². The summed E-state index contributed by atoms with van der Waals surface area (Å²) in [7, 11) is 0. The van der Waals surface area contributed by atoms with Crippen molar-refractivity contribution < 1.29 is 0 Å². The van der Waals surface area contributed by atoms with Gasteiger partial charge < -0.3 is 4.90 Å². The number of benzene rings is 2. The molecule has 20 heavy (non-hydrogen) atoms. The Hall–Kier alpha value is -1.28. The molecule has 104 valence electrons. The van der Waals surface area contributed by atoms with Crippen molar-refractivity contribution in [3.63, 3.8) is 0 Å². The summed E-state index contributed by atoms with van der Waals surface area (Å²) in [5.74, 6) is 0. The number of rotatable bonds is 2. The van der Waals surface area contributed by atoms with Crippen LogP contribution >= 0.6 is 15.9 Å². The van der Waals surface area contributed by atoms with E-state index in [0.29, 0.717) is 6.04 Å². The van der Waals surface area contributed by atoms with Crippen LogP contribution in [-0.4, -0.2) is 11.4 Å². The highest BCUT2D eigenvalue weighted by molar-refractivity contribution is 9.09. The highest BCUT2D eigenvalue weighted by atomic mass is 79.9. The van der Waals surface area contributed by atoms with Crippen LogP contribution < -0.4 is 4.90 Å². The van der Waals surface area contributed by atoms with Crippen molar-refractivity contribution in [3.05, 3.63) is 64.7 Å². The van der Waals surface area contributed by atoms with E-state index < -0.39 is 0 Å². The quantitative estimate of drug-likeness (QED) is 0.726. The number of hydrogen-bond donors (Lipinski definition) is 0. The highest BCUT2D eigenvalue weighted by Gasteiger charge is 2.27. The van der Waals surface area contributed by atoms with Crippen LogP contribution in [0.5, 0.6) is 0 Å². The summed E-state index contributed by atoms with van der Waals surface area (Å²) in [6.07, 6.45) is 1.12. The molecule has 0 fully saturated rings. The highest BCUT2D eigenvalue weighted by Crippen LogP contribution is 2.32. The standard InChI is InChI=1S/C18H20BrN/c1-13-7-5-8-15-10-16(11-19)20(12-17(13)15)18-9-4-3-6-14(18)2/h3-9,16H,10-12H2,1-2H3. The van der Waals surface area contributed by atoms with Crippen LogP contribution in [0.1, 0.15) is 22.3 Å². The first-order valence-electron chi connectivity index (χ1n) is 7.16. The van der Waals surface area contributed by atoms with Gasteiger partial charge in [0.1, 0.15) is 0 Å². The molecule has 2 aromatic rings. The average molecular weight is 330 g/mol. The van der Waals surface area contributed by atoms with E-state index in [1.54, 1.807) is 0 Å². The summed E-state index contributed by atoms with van der Waals surface area (Å²) in [5.41, 5.74) is 7.16. The summed E-state index contributed by atoms with van der Waals surface area (Å²) in [6, 6.07) is 15.9. The number of aryl methyl sites for hydroxylation is 2. The van der Waals surface area contributed by atoms with Crippen LogP contribution in [0.2, 0.25) is 0 Å². The van der Waals surface area contributed by atoms with Crippen LogP contribution in [0.25, 0.3) is 0 Å². The van der Waals surface area contributed by atoms with Crippen LogP contribution in [0.4, 0.5) is 5.69 Å². The van der Waals surface area contributed by atoms with Crippen molar-refractivity contribution >= 4 is 21.6 Å². The summed E-state index contributed by atoms with van der Waals surface area (Å²) in [4.78, 5) is 2.55. The second-order valence-electron chi connectivity index (χ2n) is 5.64. The number of halogens is 1. The van der Waals surface area contributed by atoms with Gasteiger partial charge in [-0.15, -0.1) is 0 Å². The molecule has 0 saturated heterocycles. The molecular weight excluding hydrogens is 310 g/mol. The zero-order valence-corrected chi connectivity index (χ0v) is 13.7. The third-order valence-electron chi connectivity index (χ3n) is 4.34. The maximum absolute atomic E-state index is 3.70. The summed E-state index contributed by atoms with van der Waals surface area (Å²) in [6.45, 7) is 5.44. The fourth-order valence-electron chi connectivity index (χ4n) is 3.15. The van der Waals surface area contributed by atoms with Gasteiger partial charge in [-0.05, 0) is 48.6 Å². The molecule has 1 atom stereocenters. The van der Waals surface area contributed by atoms with Crippen LogP contribution in [-0.2, 0) is 13.0 Å².